The number of aromatic nitrogens is 1. The number of anilines is 1. The number of carbonyl (C=O) groups is 1. The first-order valence-electron chi connectivity index (χ1n) is 11.4. The lowest BCUT2D eigenvalue weighted by Crippen LogP contribution is -2.39. The van der Waals surface area contributed by atoms with Gasteiger partial charge >= 0.3 is 0 Å². The van der Waals surface area contributed by atoms with E-state index in [0.717, 1.165) is 35.4 Å². The van der Waals surface area contributed by atoms with E-state index >= 15 is 0 Å². The maximum atomic E-state index is 13.6. The highest BCUT2D eigenvalue weighted by molar-refractivity contribution is 7.98. The van der Waals surface area contributed by atoms with Crippen LogP contribution in [-0.2, 0) is 16.0 Å². The van der Waals surface area contributed by atoms with Crippen LogP contribution in [0.5, 0.6) is 5.75 Å². The molecule has 0 spiro atoms. The molecule has 1 fully saturated rings. The minimum absolute atomic E-state index is 0.0970. The van der Waals surface area contributed by atoms with Gasteiger partial charge in [0.25, 0.3) is 5.91 Å². The summed E-state index contributed by atoms with van der Waals surface area (Å²) < 4.78 is 16.4. The number of methoxy groups -OCH3 is 2. The minimum Gasteiger partial charge on any atom is -0.496 e. The molecule has 4 rings (SSSR count). The number of rotatable bonds is 9. The Hall–Kier alpha value is -2.81. The molecule has 8 heteroatoms. The second kappa shape index (κ2) is 11.6. The molecule has 0 bridgehead atoms. The predicted molar refractivity (Wildman–Crippen MR) is 136 cm³/mol. The number of hydrogen-bond acceptors (Lipinski definition) is 7. The maximum absolute atomic E-state index is 13.6. The van der Waals surface area contributed by atoms with E-state index < -0.39 is 0 Å². The zero-order chi connectivity index (χ0) is 23.9. The van der Waals surface area contributed by atoms with Gasteiger partial charge in [-0.2, -0.15) is 0 Å². The van der Waals surface area contributed by atoms with Crippen LogP contribution in [0.3, 0.4) is 0 Å². The second-order valence-electron chi connectivity index (χ2n) is 8.05. The third-order valence-electron chi connectivity index (χ3n) is 5.94. The van der Waals surface area contributed by atoms with Crippen LogP contribution in [0.15, 0.2) is 53.4 Å². The van der Waals surface area contributed by atoms with E-state index in [1.165, 1.54) is 4.90 Å². The van der Waals surface area contributed by atoms with E-state index in [2.05, 4.69) is 35.4 Å². The van der Waals surface area contributed by atoms with Crippen LogP contribution in [0.4, 0.5) is 5.82 Å². The number of para-hydroxylation sites is 1. The van der Waals surface area contributed by atoms with Crippen LogP contribution in [0.25, 0.3) is 10.9 Å². The molecule has 1 aliphatic heterocycles. The molecule has 34 heavy (non-hydrogen) atoms. The molecule has 0 radical (unpaired) electrons. The van der Waals surface area contributed by atoms with Crippen molar-refractivity contribution in [1.82, 2.24) is 9.88 Å². The molecule has 0 unspecified atom stereocenters. The molecule has 7 nitrogen and oxygen atoms in total. The Kier molecular flexibility index (Phi) is 8.26. The van der Waals surface area contributed by atoms with Crippen molar-refractivity contribution in [3.05, 3.63) is 59.7 Å². The highest BCUT2D eigenvalue weighted by atomic mass is 32.2. The molecule has 2 aromatic carbocycles. The maximum Gasteiger partial charge on any atom is 0.257 e. The summed E-state index contributed by atoms with van der Waals surface area (Å²) in [5.41, 5.74) is 2.50. The number of hydrogen-bond donors (Lipinski definition) is 0. The van der Waals surface area contributed by atoms with Gasteiger partial charge in [-0.25, -0.2) is 4.98 Å². The van der Waals surface area contributed by atoms with Gasteiger partial charge in [-0.05, 0) is 36.6 Å². The quantitative estimate of drug-likeness (QED) is 0.427. The third-order valence-corrected chi connectivity index (χ3v) is 6.67. The fourth-order valence-electron chi connectivity index (χ4n) is 4.12. The number of benzene rings is 2. The summed E-state index contributed by atoms with van der Waals surface area (Å²) in [6.45, 7) is 4.18. The van der Waals surface area contributed by atoms with Crippen LogP contribution in [-0.4, -0.2) is 75.7 Å². The number of ether oxygens (including phenoxy) is 3. The topological polar surface area (TPSA) is 64.1 Å². The smallest absolute Gasteiger partial charge is 0.257 e. The van der Waals surface area contributed by atoms with Gasteiger partial charge in [0.15, 0.2) is 0 Å². The summed E-state index contributed by atoms with van der Waals surface area (Å²) >= 11 is 1.70. The van der Waals surface area contributed by atoms with E-state index in [0.29, 0.717) is 44.2 Å². The SMILES string of the molecule is COCCN(Cc1cc2ccc(SC)cc2nc1N1CCOCC1)C(=O)c1ccccc1OC. The van der Waals surface area contributed by atoms with Crippen molar-refractivity contribution >= 4 is 34.4 Å². The summed E-state index contributed by atoms with van der Waals surface area (Å²) in [7, 11) is 3.23. The van der Waals surface area contributed by atoms with Crippen molar-refractivity contribution < 1.29 is 19.0 Å². The minimum atomic E-state index is -0.0970. The number of morpholine rings is 1. The summed E-state index contributed by atoms with van der Waals surface area (Å²) in [6.07, 6.45) is 2.07. The first-order chi connectivity index (χ1) is 16.6. The van der Waals surface area contributed by atoms with Crippen molar-refractivity contribution in [3.8, 4) is 5.75 Å². The summed E-state index contributed by atoms with van der Waals surface area (Å²) in [6, 6.07) is 15.8. The Bertz CT molecular complexity index is 1130. The fraction of sp³-hybridized carbons (Fsp3) is 0.385. The van der Waals surface area contributed by atoms with Crippen molar-refractivity contribution in [2.45, 2.75) is 11.4 Å². The van der Waals surface area contributed by atoms with Gasteiger partial charge in [0.05, 0.1) is 38.0 Å². The van der Waals surface area contributed by atoms with Gasteiger partial charge < -0.3 is 24.0 Å². The largest absolute Gasteiger partial charge is 0.496 e. The second-order valence-corrected chi connectivity index (χ2v) is 8.93. The summed E-state index contributed by atoms with van der Waals surface area (Å²) in [5, 5.41) is 1.06. The van der Waals surface area contributed by atoms with Gasteiger partial charge in [0.1, 0.15) is 11.6 Å². The van der Waals surface area contributed by atoms with Gasteiger partial charge in [-0.3, -0.25) is 4.79 Å². The van der Waals surface area contributed by atoms with E-state index in [9.17, 15) is 4.79 Å². The number of carbonyl (C=O) groups excluding carboxylic acids is 1. The van der Waals surface area contributed by atoms with Crippen molar-refractivity contribution in [1.29, 1.82) is 0 Å². The average molecular weight is 482 g/mol. The monoisotopic (exact) mass is 481 g/mol. The van der Waals surface area contributed by atoms with E-state index in [-0.39, 0.29) is 5.91 Å². The molecule has 0 atom stereocenters. The lowest BCUT2D eigenvalue weighted by atomic mass is 10.1. The van der Waals surface area contributed by atoms with Crippen LogP contribution in [0.2, 0.25) is 0 Å². The Labute approximate surface area is 205 Å². The first-order valence-corrected chi connectivity index (χ1v) is 12.6. The van der Waals surface area contributed by atoms with E-state index in [1.807, 2.05) is 23.1 Å². The molecule has 0 N–H and O–H groups in total. The molecular weight excluding hydrogens is 450 g/mol. The highest BCUT2D eigenvalue weighted by Crippen LogP contribution is 2.29. The number of fused-ring (bicyclic) bond motifs is 1. The van der Waals surface area contributed by atoms with Crippen LogP contribution in [0.1, 0.15) is 15.9 Å². The molecule has 1 aliphatic rings. The third kappa shape index (κ3) is 5.46. The molecule has 2 heterocycles. The van der Waals surface area contributed by atoms with Gasteiger partial charge in [-0.15, -0.1) is 11.8 Å². The van der Waals surface area contributed by atoms with Crippen molar-refractivity contribution in [2.75, 3.05) is 64.8 Å². The molecule has 1 saturated heterocycles. The van der Waals surface area contributed by atoms with Crippen LogP contribution >= 0.6 is 11.8 Å². The lowest BCUT2D eigenvalue weighted by Gasteiger charge is -2.31. The Balaban J connectivity index is 1.74. The van der Waals surface area contributed by atoms with Crippen LogP contribution < -0.4 is 9.64 Å². The number of nitrogens with zero attached hydrogens (tertiary/aromatic N) is 3. The molecule has 0 saturated carbocycles. The predicted octanol–water partition coefficient (Wildman–Crippen LogP) is 4.09. The molecular formula is C26H31N3O4S. The fourth-order valence-corrected chi connectivity index (χ4v) is 4.56. The molecule has 1 amide bonds. The average Bonchev–Trinajstić information content (AvgIpc) is 2.90. The zero-order valence-corrected chi connectivity index (χ0v) is 20.8. The molecule has 3 aromatic rings. The Morgan fingerprint density at radius 1 is 1.15 bits per heavy atom. The highest BCUT2D eigenvalue weighted by Gasteiger charge is 2.24. The Morgan fingerprint density at radius 2 is 1.94 bits per heavy atom. The number of amides is 1. The normalized spacial score (nSPS) is 13.8. The first kappa shape index (κ1) is 24.3. The van der Waals surface area contributed by atoms with Crippen molar-refractivity contribution in [2.24, 2.45) is 0 Å². The Morgan fingerprint density at radius 3 is 2.68 bits per heavy atom. The summed E-state index contributed by atoms with van der Waals surface area (Å²) in [4.78, 5) is 23.9. The van der Waals surface area contributed by atoms with E-state index in [1.54, 1.807) is 32.0 Å². The van der Waals surface area contributed by atoms with Gasteiger partial charge in [-0.1, -0.05) is 18.2 Å². The molecule has 1 aromatic heterocycles. The van der Waals surface area contributed by atoms with E-state index in [4.69, 9.17) is 19.2 Å². The number of thioether (sulfide) groups is 1. The zero-order valence-electron chi connectivity index (χ0n) is 20.0. The molecule has 0 aliphatic carbocycles. The van der Waals surface area contributed by atoms with Crippen molar-refractivity contribution in [3.63, 3.8) is 0 Å². The molecule has 180 valence electrons. The number of pyridine rings is 1. The van der Waals surface area contributed by atoms with Gasteiger partial charge in [0, 0.05) is 49.1 Å². The van der Waals surface area contributed by atoms with Crippen LogP contribution in [0, 0.1) is 0 Å². The lowest BCUT2D eigenvalue weighted by molar-refractivity contribution is 0.0677. The summed E-state index contributed by atoms with van der Waals surface area (Å²) in [5.74, 6) is 1.37. The van der Waals surface area contributed by atoms with Gasteiger partial charge in [0.2, 0.25) is 0 Å². The standard InChI is InChI=1S/C26H31N3O4S/c1-31-13-10-29(26(30)22-6-4-5-7-24(22)32-2)18-20-16-19-8-9-21(34-3)17-23(19)27-25(20)28-11-14-33-15-12-28/h4-9,16-17H,10-15,18H2,1-3H3.